The van der Waals surface area contributed by atoms with Crippen molar-refractivity contribution in [2.24, 2.45) is 0 Å². The van der Waals surface area contributed by atoms with E-state index in [1.807, 2.05) is 28.6 Å². The second kappa shape index (κ2) is 1.41. The van der Waals surface area contributed by atoms with Gasteiger partial charge < -0.3 is 0 Å². The van der Waals surface area contributed by atoms with Crippen LogP contribution in [0.2, 0.25) is 0 Å². The Morgan fingerprint density at radius 2 is 2.20 bits per heavy atom. The van der Waals surface area contributed by atoms with Crippen LogP contribution >= 0.6 is 21.6 Å². The Balaban J connectivity index is 2.00. The highest BCUT2D eigenvalue weighted by molar-refractivity contribution is 8.92. The molecule has 1 nitrogen and oxygen atoms in total. The summed E-state index contributed by atoms with van der Waals surface area (Å²) in [7, 11) is 5.72. The maximum atomic E-state index is 3.06. The molecule has 0 radical (unpaired) electrons. The van der Waals surface area contributed by atoms with Gasteiger partial charge in [0.25, 0.3) is 0 Å². The third-order valence-electron chi connectivity index (χ3n) is 0.428. The van der Waals surface area contributed by atoms with Crippen LogP contribution in [-0.4, -0.2) is 11.8 Å². The smallest absolute Gasteiger partial charge is 0.120 e. The summed E-state index contributed by atoms with van der Waals surface area (Å²) in [5.41, 5.74) is 0. The van der Waals surface area contributed by atoms with Crippen LogP contribution in [0.15, 0.2) is 0 Å². The minimum absolute atomic E-state index is 0.718. The van der Waals surface area contributed by atoms with Crippen molar-refractivity contribution < 1.29 is 0 Å². The molecule has 5 heavy (non-hydrogen) atoms. The van der Waals surface area contributed by atoms with E-state index in [0.717, 1.165) is 4.71 Å². The Morgan fingerprint density at radius 3 is 2.20 bits per heavy atom. The van der Waals surface area contributed by atoms with E-state index >= 15 is 0 Å². The highest BCUT2D eigenvalue weighted by atomic mass is 33.2. The fourth-order valence-electron chi connectivity index (χ4n) is 0.124. The molecule has 0 atom stereocenters. The van der Waals surface area contributed by atoms with Gasteiger partial charge in [-0.2, -0.15) is 0 Å². The van der Waals surface area contributed by atoms with Crippen LogP contribution < -0.4 is 5.32 Å². The van der Waals surface area contributed by atoms with Crippen LogP contribution in [0.1, 0.15) is 0 Å². The van der Waals surface area contributed by atoms with Crippen LogP contribution in [0.3, 0.4) is 0 Å². The van der Waals surface area contributed by atoms with Gasteiger partial charge in [0.2, 0.25) is 0 Å². The SMILES string of the molecule is CNC1SS1. The van der Waals surface area contributed by atoms with Gasteiger partial charge in [-0.05, 0) is 7.05 Å². The minimum Gasteiger partial charge on any atom is -0.299 e. The first-order chi connectivity index (χ1) is 2.43. The van der Waals surface area contributed by atoms with Gasteiger partial charge in [-0.1, -0.05) is 21.6 Å². The summed E-state index contributed by atoms with van der Waals surface area (Å²) < 4.78 is 0.718. The van der Waals surface area contributed by atoms with Crippen LogP contribution in [-0.2, 0) is 0 Å². The molecule has 1 aliphatic heterocycles. The third-order valence-corrected chi connectivity index (χ3v) is 2.44. The highest BCUT2D eigenvalue weighted by Gasteiger charge is 2.20. The number of nitrogens with one attached hydrogen (secondary N) is 1. The maximum absolute atomic E-state index is 3.06. The van der Waals surface area contributed by atoms with E-state index in [1.165, 1.54) is 0 Å². The molecule has 1 fully saturated rings. The standard InChI is InChI=1S/C2H5NS2/c1-3-2-4-5-2/h2-3H,1H3. The van der Waals surface area contributed by atoms with Crippen LogP contribution in [0.25, 0.3) is 0 Å². The molecule has 0 aromatic carbocycles. The zero-order valence-corrected chi connectivity index (χ0v) is 4.53. The molecule has 30 valence electrons. The van der Waals surface area contributed by atoms with Crippen molar-refractivity contribution >= 4 is 21.6 Å². The Labute approximate surface area is 39.3 Å². The van der Waals surface area contributed by atoms with Crippen molar-refractivity contribution in [3.05, 3.63) is 0 Å². The predicted octanol–water partition coefficient (Wildman–Crippen LogP) is 0.884. The Kier molecular flexibility index (Phi) is 1.08. The summed E-state index contributed by atoms with van der Waals surface area (Å²) in [6.07, 6.45) is 0. The van der Waals surface area contributed by atoms with E-state index in [2.05, 4.69) is 5.32 Å². The predicted molar refractivity (Wildman–Crippen MR) is 28.0 cm³/mol. The molecule has 0 bridgehead atoms. The molecule has 0 amide bonds. The lowest BCUT2D eigenvalue weighted by Crippen LogP contribution is -2.03. The van der Waals surface area contributed by atoms with E-state index < -0.39 is 0 Å². The van der Waals surface area contributed by atoms with Crippen LogP contribution in [0, 0.1) is 0 Å². The first-order valence-electron chi connectivity index (χ1n) is 1.43. The fraction of sp³-hybridized carbons (Fsp3) is 1.00. The third kappa shape index (κ3) is 1.03. The van der Waals surface area contributed by atoms with E-state index in [4.69, 9.17) is 0 Å². The maximum Gasteiger partial charge on any atom is 0.120 e. The quantitative estimate of drug-likeness (QED) is 0.395. The van der Waals surface area contributed by atoms with Gasteiger partial charge in [-0.15, -0.1) is 0 Å². The lowest BCUT2D eigenvalue weighted by Gasteiger charge is -1.75. The molecule has 0 aromatic heterocycles. The summed E-state index contributed by atoms with van der Waals surface area (Å²) in [4.78, 5) is 0. The Bertz CT molecular complexity index is 34.6. The van der Waals surface area contributed by atoms with Gasteiger partial charge in [0.1, 0.15) is 4.71 Å². The number of rotatable bonds is 1. The monoisotopic (exact) mass is 107 g/mol. The molecule has 0 aromatic rings. The van der Waals surface area contributed by atoms with Crippen molar-refractivity contribution in [2.45, 2.75) is 4.71 Å². The van der Waals surface area contributed by atoms with Gasteiger partial charge in [-0.25, -0.2) is 0 Å². The Hall–Kier alpha value is 0.660. The van der Waals surface area contributed by atoms with Crippen molar-refractivity contribution in [1.82, 2.24) is 5.32 Å². The molecular weight excluding hydrogens is 102 g/mol. The van der Waals surface area contributed by atoms with Gasteiger partial charge in [-0.3, -0.25) is 5.32 Å². The molecule has 1 saturated heterocycles. The molecule has 1 N–H and O–H groups in total. The van der Waals surface area contributed by atoms with Crippen molar-refractivity contribution in [1.29, 1.82) is 0 Å². The minimum atomic E-state index is 0.718. The molecular formula is C2H5NS2. The topological polar surface area (TPSA) is 12.0 Å². The normalized spacial score (nSPS) is 23.4. The van der Waals surface area contributed by atoms with E-state index in [-0.39, 0.29) is 0 Å². The fourth-order valence-corrected chi connectivity index (χ4v) is 1.12. The molecule has 0 saturated carbocycles. The number of hydrogen-bond donors (Lipinski definition) is 1. The summed E-state index contributed by atoms with van der Waals surface area (Å²) in [5.74, 6) is 0. The summed E-state index contributed by atoms with van der Waals surface area (Å²) >= 11 is 0. The Morgan fingerprint density at radius 1 is 1.60 bits per heavy atom. The molecule has 0 spiro atoms. The summed E-state index contributed by atoms with van der Waals surface area (Å²) in [5, 5.41) is 3.06. The van der Waals surface area contributed by atoms with Crippen molar-refractivity contribution in [3.8, 4) is 0 Å². The molecule has 1 rings (SSSR count). The van der Waals surface area contributed by atoms with Crippen LogP contribution in [0.4, 0.5) is 0 Å². The first-order valence-corrected chi connectivity index (χ1v) is 3.70. The lowest BCUT2D eigenvalue weighted by atomic mass is 11.2. The lowest BCUT2D eigenvalue weighted by molar-refractivity contribution is 0.956. The molecule has 0 unspecified atom stereocenters. The average molecular weight is 107 g/mol. The van der Waals surface area contributed by atoms with Gasteiger partial charge in [0.05, 0.1) is 0 Å². The summed E-state index contributed by atoms with van der Waals surface area (Å²) in [6.45, 7) is 0. The van der Waals surface area contributed by atoms with Crippen LogP contribution in [0.5, 0.6) is 0 Å². The first kappa shape index (κ1) is 3.84. The van der Waals surface area contributed by atoms with Crippen molar-refractivity contribution in [3.63, 3.8) is 0 Å². The zero-order chi connectivity index (χ0) is 3.70. The molecule has 1 aliphatic rings. The molecule has 1 heterocycles. The van der Waals surface area contributed by atoms with E-state index in [0.29, 0.717) is 0 Å². The van der Waals surface area contributed by atoms with Gasteiger partial charge in [0.15, 0.2) is 0 Å². The molecule has 0 aliphatic carbocycles. The second-order valence-electron chi connectivity index (χ2n) is 0.813. The average Bonchev–Trinajstić information content (AvgIpc) is 2.12. The summed E-state index contributed by atoms with van der Waals surface area (Å²) in [6, 6.07) is 0. The van der Waals surface area contributed by atoms with Gasteiger partial charge >= 0.3 is 0 Å². The van der Waals surface area contributed by atoms with E-state index in [1.54, 1.807) is 0 Å². The van der Waals surface area contributed by atoms with Crippen molar-refractivity contribution in [2.75, 3.05) is 7.05 Å². The number of hydrogen-bond acceptors (Lipinski definition) is 3. The van der Waals surface area contributed by atoms with E-state index in [9.17, 15) is 0 Å². The highest BCUT2D eigenvalue weighted by Crippen LogP contribution is 2.50. The van der Waals surface area contributed by atoms with Gasteiger partial charge in [0, 0.05) is 0 Å². The molecule has 3 heteroatoms. The largest absolute Gasteiger partial charge is 0.299 e. The second-order valence-corrected chi connectivity index (χ2v) is 3.59. The zero-order valence-electron chi connectivity index (χ0n) is 2.89.